The van der Waals surface area contributed by atoms with E-state index in [1.54, 1.807) is 0 Å². The van der Waals surface area contributed by atoms with Gasteiger partial charge in [0.1, 0.15) is 0 Å². The third-order valence-electron chi connectivity index (χ3n) is 2.81. The number of hydrogen-bond donors (Lipinski definition) is 1. The molecule has 1 rings (SSSR count). The van der Waals surface area contributed by atoms with E-state index in [0.717, 1.165) is 0 Å². The van der Waals surface area contributed by atoms with Crippen molar-refractivity contribution >= 4 is 16.1 Å². The summed E-state index contributed by atoms with van der Waals surface area (Å²) in [5.74, 6) is -6.27. The van der Waals surface area contributed by atoms with Crippen LogP contribution in [0, 0.1) is 5.92 Å². The Morgan fingerprint density at radius 3 is 1.62 bits per heavy atom. The van der Waals surface area contributed by atoms with E-state index in [2.05, 4.69) is 0 Å². The highest BCUT2D eigenvalue weighted by Gasteiger charge is 2.62. The van der Waals surface area contributed by atoms with Crippen molar-refractivity contribution in [3.05, 3.63) is 0 Å². The molecule has 0 aromatic heterocycles. The number of piperazine rings is 1. The lowest BCUT2D eigenvalue weighted by Gasteiger charge is -2.35. The summed E-state index contributed by atoms with van der Waals surface area (Å²) in [4.78, 5) is 11.8. The van der Waals surface area contributed by atoms with E-state index in [0.29, 0.717) is 9.21 Å². The van der Waals surface area contributed by atoms with Crippen LogP contribution in [0.2, 0.25) is 0 Å². The van der Waals surface area contributed by atoms with Crippen LogP contribution in [0.1, 0.15) is 0 Å². The molecule has 0 unspecified atom stereocenters. The summed E-state index contributed by atoms with van der Waals surface area (Å²) in [6.45, 7) is -2.13. The molecule has 1 amide bonds. The van der Waals surface area contributed by atoms with Gasteiger partial charge in [0.05, 0.1) is 0 Å². The Hall–Kier alpha value is -1.08. The number of alkyl halides is 6. The highest BCUT2D eigenvalue weighted by molar-refractivity contribution is 7.86. The largest absolute Gasteiger partial charge is 0.409 e. The highest BCUT2D eigenvalue weighted by atomic mass is 32.2. The summed E-state index contributed by atoms with van der Waals surface area (Å²) in [6.07, 6.45) is -11.5. The van der Waals surface area contributed by atoms with E-state index < -0.39 is 60.6 Å². The van der Waals surface area contributed by atoms with Gasteiger partial charge in [0.2, 0.25) is 11.8 Å². The lowest BCUT2D eigenvalue weighted by Crippen LogP contribution is -2.56. The molecule has 1 heterocycles. The maximum atomic E-state index is 12.4. The maximum Gasteiger partial charge on any atom is 0.409 e. The summed E-state index contributed by atoms with van der Waals surface area (Å²) in [7, 11) is -4.10. The first kappa shape index (κ1) is 18.0. The van der Waals surface area contributed by atoms with Gasteiger partial charge in [0, 0.05) is 26.2 Å². The monoisotopic (exact) mass is 343 g/mol. The maximum absolute atomic E-state index is 12.4. The summed E-state index contributed by atoms with van der Waals surface area (Å²) in [5.41, 5.74) is 0. The van der Waals surface area contributed by atoms with Crippen LogP contribution in [-0.2, 0) is 15.0 Å². The first-order valence-corrected chi connectivity index (χ1v) is 6.95. The second-order valence-electron chi connectivity index (χ2n) is 4.29. The van der Waals surface area contributed by atoms with Crippen molar-refractivity contribution in [3.8, 4) is 0 Å². The van der Waals surface area contributed by atoms with Crippen molar-refractivity contribution in [2.24, 2.45) is 11.1 Å². The van der Waals surface area contributed by atoms with Gasteiger partial charge in [-0.05, 0) is 0 Å². The molecule has 0 saturated carbocycles. The fourth-order valence-corrected chi connectivity index (χ4v) is 2.48. The minimum atomic E-state index is -5.77. The third kappa shape index (κ3) is 4.44. The van der Waals surface area contributed by atoms with Gasteiger partial charge >= 0.3 is 12.4 Å². The molecular weight excluding hydrogens is 332 g/mol. The molecule has 0 aliphatic carbocycles. The summed E-state index contributed by atoms with van der Waals surface area (Å²) in [5, 5.41) is 4.76. The zero-order chi connectivity index (χ0) is 16.6. The lowest BCUT2D eigenvalue weighted by molar-refractivity contribution is -0.277. The second-order valence-corrected chi connectivity index (χ2v) is 5.83. The molecule has 6 nitrogen and oxygen atoms in total. The number of nitrogens with zero attached hydrogens (tertiary/aromatic N) is 2. The first-order chi connectivity index (χ1) is 9.24. The smallest absolute Gasteiger partial charge is 0.339 e. The van der Waals surface area contributed by atoms with Crippen molar-refractivity contribution < 1.29 is 39.6 Å². The van der Waals surface area contributed by atoms with E-state index in [1.165, 1.54) is 0 Å². The number of carbonyl (C=O) groups excluding carboxylic acids is 1. The minimum Gasteiger partial charge on any atom is -0.339 e. The van der Waals surface area contributed by atoms with Gasteiger partial charge in [0.15, 0.2) is 0 Å². The van der Waals surface area contributed by atoms with Gasteiger partial charge in [-0.25, -0.2) is 5.14 Å². The zero-order valence-corrected chi connectivity index (χ0v) is 11.1. The molecule has 0 radical (unpaired) electrons. The standard InChI is InChI=1S/C8H11F6N3O3S/c9-7(10,11)5(8(12,13)14)6(18)16-1-3-17(4-2-16)21(15,19)20/h5H,1-4H2,(H2,15,19,20). The molecule has 0 aromatic carbocycles. The summed E-state index contributed by atoms with van der Waals surface area (Å²) >= 11 is 0. The molecule has 13 heteroatoms. The Bertz CT molecular complexity index is 480. The van der Waals surface area contributed by atoms with Crippen molar-refractivity contribution in [1.82, 2.24) is 9.21 Å². The number of carbonyl (C=O) groups is 1. The second kappa shape index (κ2) is 5.61. The SMILES string of the molecule is NS(=O)(=O)N1CCN(C(=O)C(C(F)(F)F)C(F)(F)F)CC1. The Kier molecular flexibility index (Phi) is 4.80. The minimum absolute atomic E-state index is 0.327. The number of amides is 1. The number of hydrogen-bond acceptors (Lipinski definition) is 3. The van der Waals surface area contributed by atoms with Crippen molar-refractivity contribution in [2.45, 2.75) is 12.4 Å². The van der Waals surface area contributed by atoms with Gasteiger partial charge in [-0.1, -0.05) is 0 Å². The van der Waals surface area contributed by atoms with Gasteiger partial charge in [-0.2, -0.15) is 39.1 Å². The lowest BCUT2D eigenvalue weighted by atomic mass is 10.1. The van der Waals surface area contributed by atoms with E-state index in [1.807, 2.05) is 0 Å². The Morgan fingerprint density at radius 2 is 1.33 bits per heavy atom. The Labute approximate surface area is 115 Å². The average Bonchev–Trinajstić information content (AvgIpc) is 2.24. The van der Waals surface area contributed by atoms with Crippen LogP contribution in [0.25, 0.3) is 0 Å². The molecule has 0 spiro atoms. The molecule has 1 aliphatic heterocycles. The molecule has 21 heavy (non-hydrogen) atoms. The van der Waals surface area contributed by atoms with Gasteiger partial charge < -0.3 is 4.90 Å². The van der Waals surface area contributed by atoms with Gasteiger partial charge in [-0.15, -0.1) is 0 Å². The average molecular weight is 343 g/mol. The van der Waals surface area contributed by atoms with E-state index in [-0.39, 0.29) is 0 Å². The van der Waals surface area contributed by atoms with Crippen LogP contribution < -0.4 is 5.14 Å². The Morgan fingerprint density at radius 1 is 0.952 bits per heavy atom. The molecular formula is C8H11F6N3O3S. The molecule has 0 bridgehead atoms. The predicted molar refractivity (Wildman–Crippen MR) is 56.9 cm³/mol. The van der Waals surface area contributed by atoms with E-state index >= 15 is 0 Å². The molecule has 1 aliphatic rings. The van der Waals surface area contributed by atoms with Crippen LogP contribution in [0.5, 0.6) is 0 Å². The van der Waals surface area contributed by atoms with Crippen LogP contribution >= 0.6 is 0 Å². The Balaban J connectivity index is 2.85. The highest BCUT2D eigenvalue weighted by Crippen LogP contribution is 2.40. The molecule has 1 saturated heterocycles. The first-order valence-electron chi connectivity index (χ1n) is 5.44. The molecule has 2 N–H and O–H groups in total. The van der Waals surface area contributed by atoms with Crippen LogP contribution in [0.15, 0.2) is 0 Å². The molecule has 124 valence electrons. The van der Waals surface area contributed by atoms with Gasteiger partial charge in [-0.3, -0.25) is 4.79 Å². The van der Waals surface area contributed by atoms with Crippen LogP contribution in [0.3, 0.4) is 0 Å². The number of halogens is 6. The predicted octanol–water partition coefficient (Wildman–Crippen LogP) is 0.0749. The van der Waals surface area contributed by atoms with Crippen molar-refractivity contribution in [1.29, 1.82) is 0 Å². The number of nitrogens with two attached hydrogens (primary N) is 1. The molecule has 0 aromatic rings. The van der Waals surface area contributed by atoms with Crippen LogP contribution in [0.4, 0.5) is 26.3 Å². The van der Waals surface area contributed by atoms with E-state index in [4.69, 9.17) is 5.14 Å². The van der Waals surface area contributed by atoms with Gasteiger partial charge in [0.25, 0.3) is 10.2 Å². The number of rotatable bonds is 2. The normalized spacial score (nSPS) is 19.1. The fraction of sp³-hybridized carbons (Fsp3) is 0.875. The summed E-state index contributed by atoms with van der Waals surface area (Å²) < 4.78 is 96.9. The topological polar surface area (TPSA) is 83.7 Å². The third-order valence-corrected chi connectivity index (χ3v) is 3.90. The molecule has 0 atom stereocenters. The van der Waals surface area contributed by atoms with Crippen molar-refractivity contribution in [3.63, 3.8) is 0 Å². The summed E-state index contributed by atoms with van der Waals surface area (Å²) in [6, 6.07) is 0. The quantitative estimate of drug-likeness (QED) is 0.721. The van der Waals surface area contributed by atoms with Crippen LogP contribution in [-0.4, -0.2) is 62.1 Å². The molecule has 1 fully saturated rings. The van der Waals surface area contributed by atoms with Crippen molar-refractivity contribution in [2.75, 3.05) is 26.2 Å². The fourth-order valence-electron chi connectivity index (χ4n) is 1.81. The van der Waals surface area contributed by atoms with E-state index in [9.17, 15) is 39.6 Å². The zero-order valence-electron chi connectivity index (χ0n) is 10.3.